The number of hydrogen-bond donors (Lipinski definition) is 1. The summed E-state index contributed by atoms with van der Waals surface area (Å²) in [7, 11) is 2.13. The van der Waals surface area contributed by atoms with Gasteiger partial charge < -0.3 is 29.4 Å². The zero-order chi connectivity index (χ0) is 32.1. The number of fused-ring (bicyclic) bond motifs is 1. The zero-order valence-corrected chi connectivity index (χ0v) is 27.3. The highest BCUT2D eigenvalue weighted by Gasteiger charge is 2.54. The van der Waals surface area contributed by atoms with Gasteiger partial charge in [-0.3, -0.25) is 4.98 Å². The van der Waals surface area contributed by atoms with Gasteiger partial charge in [-0.15, -0.1) is 0 Å². The lowest BCUT2D eigenvalue weighted by molar-refractivity contribution is -0.106. The molecule has 44 heavy (non-hydrogen) atoms. The number of anilines is 1. The van der Waals surface area contributed by atoms with Crippen molar-refractivity contribution < 1.29 is 18.7 Å². The summed E-state index contributed by atoms with van der Waals surface area (Å²) in [6, 6.07) is 8.65. The summed E-state index contributed by atoms with van der Waals surface area (Å²) in [6.45, 7) is 16.8. The molecule has 0 unspecified atom stereocenters. The highest BCUT2D eigenvalue weighted by atomic mass is 19.1. The van der Waals surface area contributed by atoms with E-state index in [2.05, 4.69) is 57.9 Å². The minimum Gasteiger partial charge on any atom is -0.490 e. The van der Waals surface area contributed by atoms with Gasteiger partial charge in [0.2, 0.25) is 0 Å². The Labute approximate surface area is 262 Å². The summed E-state index contributed by atoms with van der Waals surface area (Å²) < 4.78 is 25.5. The van der Waals surface area contributed by atoms with E-state index in [0.717, 1.165) is 75.5 Å². The lowest BCUT2D eigenvalue weighted by Crippen LogP contribution is -2.65. The molecule has 2 fully saturated rings. The number of carbonyl (C=O) groups is 1. The standard InChI is InChI=1S/C24H24FN5O2.C6H15N.C2H4O.C2H6/c25-16-1-3-17(4-2-16)31-22-12-27-15-29-23(22)30-13-24(14-30)9-18(10-24)32-21-6-8-28-20-5-7-26-11-19(20)21;1-5-7(4)6(2)3;1-2-3;1-2/h1-4,6,8,12,15,18,26H,5,7,9-11,13-14H2;6H,5H2,1-4H3;2H,1H3;1-2H3. The van der Waals surface area contributed by atoms with Gasteiger partial charge in [0.15, 0.2) is 11.6 Å². The lowest BCUT2D eigenvalue weighted by atomic mass is 9.61. The molecule has 240 valence electrons. The number of benzene rings is 1. The van der Waals surface area contributed by atoms with Crippen molar-refractivity contribution in [2.75, 3.05) is 38.1 Å². The zero-order valence-electron chi connectivity index (χ0n) is 27.3. The van der Waals surface area contributed by atoms with Crippen molar-refractivity contribution in [2.24, 2.45) is 5.41 Å². The molecule has 2 aromatic heterocycles. The third-order valence-corrected chi connectivity index (χ3v) is 7.99. The molecule has 6 rings (SSSR count). The SMILES string of the molecule is CC.CC=O.CCN(C)C(C)C.Fc1ccc(Oc2cncnc2N2CC3(CC(Oc4ccnc5c4CNCC5)C3)C2)cc1. The van der Waals surface area contributed by atoms with Crippen molar-refractivity contribution in [1.82, 2.24) is 25.2 Å². The van der Waals surface area contributed by atoms with Crippen molar-refractivity contribution in [3.63, 3.8) is 0 Å². The summed E-state index contributed by atoms with van der Waals surface area (Å²) in [4.78, 5) is 26.4. The molecule has 1 aliphatic carbocycles. The Bertz CT molecular complexity index is 1290. The van der Waals surface area contributed by atoms with Gasteiger partial charge in [0, 0.05) is 61.5 Å². The molecule has 10 heteroatoms. The largest absolute Gasteiger partial charge is 0.490 e. The van der Waals surface area contributed by atoms with Crippen LogP contribution in [0.4, 0.5) is 10.2 Å². The van der Waals surface area contributed by atoms with Gasteiger partial charge in [0.25, 0.3) is 0 Å². The average Bonchev–Trinajstić information content (AvgIpc) is 3.00. The Morgan fingerprint density at radius 2 is 1.82 bits per heavy atom. The highest BCUT2D eigenvalue weighted by molar-refractivity contribution is 5.55. The number of nitrogens with zero attached hydrogens (tertiary/aromatic N) is 5. The Kier molecular flexibility index (Phi) is 13.5. The molecule has 1 saturated carbocycles. The number of hydrogen-bond acceptors (Lipinski definition) is 9. The summed E-state index contributed by atoms with van der Waals surface area (Å²) in [6.07, 6.45) is 9.06. The summed E-state index contributed by atoms with van der Waals surface area (Å²) in [5, 5.41) is 3.41. The molecular formula is C34H49FN6O3. The number of pyridine rings is 1. The van der Waals surface area contributed by atoms with Crippen molar-refractivity contribution in [2.45, 2.75) is 79.5 Å². The Morgan fingerprint density at radius 1 is 1.14 bits per heavy atom. The van der Waals surface area contributed by atoms with Gasteiger partial charge in [0.05, 0.1) is 6.20 Å². The van der Waals surface area contributed by atoms with Crippen molar-refractivity contribution in [3.8, 4) is 17.2 Å². The van der Waals surface area contributed by atoms with E-state index >= 15 is 0 Å². The number of aldehydes is 1. The van der Waals surface area contributed by atoms with E-state index in [0.29, 0.717) is 17.5 Å². The predicted molar refractivity (Wildman–Crippen MR) is 173 cm³/mol. The first-order chi connectivity index (χ1) is 21.3. The van der Waals surface area contributed by atoms with Crippen molar-refractivity contribution in [3.05, 3.63) is 66.1 Å². The van der Waals surface area contributed by atoms with Gasteiger partial charge in [-0.05, 0) is 77.5 Å². The highest BCUT2D eigenvalue weighted by Crippen LogP contribution is 2.52. The van der Waals surface area contributed by atoms with Crippen molar-refractivity contribution >= 4 is 12.1 Å². The van der Waals surface area contributed by atoms with Crippen LogP contribution in [-0.2, 0) is 17.8 Å². The van der Waals surface area contributed by atoms with Gasteiger partial charge in [0.1, 0.15) is 36.0 Å². The van der Waals surface area contributed by atoms with Crippen LogP contribution in [0.3, 0.4) is 0 Å². The molecule has 0 bridgehead atoms. The Balaban J connectivity index is 0.000000382. The number of rotatable bonds is 7. The maximum absolute atomic E-state index is 13.2. The Morgan fingerprint density at radius 3 is 2.43 bits per heavy atom. The molecule has 0 radical (unpaired) electrons. The lowest BCUT2D eigenvalue weighted by Gasteiger charge is -2.59. The van der Waals surface area contributed by atoms with Gasteiger partial charge in [-0.25, -0.2) is 14.4 Å². The number of ether oxygens (including phenoxy) is 2. The van der Waals surface area contributed by atoms with Crippen LogP contribution in [0, 0.1) is 11.2 Å². The Hall–Kier alpha value is -3.63. The van der Waals surface area contributed by atoms with E-state index in [-0.39, 0.29) is 17.3 Å². The molecule has 3 aromatic rings. The topological polar surface area (TPSA) is 92.7 Å². The molecule has 1 spiro atoms. The molecule has 9 nitrogen and oxygen atoms in total. The fourth-order valence-corrected chi connectivity index (χ4v) is 5.41. The predicted octanol–water partition coefficient (Wildman–Crippen LogP) is 6.07. The average molecular weight is 609 g/mol. The normalized spacial score (nSPS) is 16.1. The van der Waals surface area contributed by atoms with Crippen LogP contribution in [-0.4, -0.2) is 71.5 Å². The maximum Gasteiger partial charge on any atom is 0.188 e. The van der Waals surface area contributed by atoms with Crippen LogP contribution in [0.1, 0.15) is 65.6 Å². The molecule has 1 aromatic carbocycles. The second-order valence-electron chi connectivity index (χ2n) is 11.3. The second kappa shape index (κ2) is 17.0. The first-order valence-corrected chi connectivity index (χ1v) is 15.7. The summed E-state index contributed by atoms with van der Waals surface area (Å²) >= 11 is 0. The quantitative estimate of drug-likeness (QED) is 0.321. The molecule has 4 heterocycles. The van der Waals surface area contributed by atoms with Crippen LogP contribution in [0.5, 0.6) is 17.2 Å². The van der Waals surface area contributed by atoms with Gasteiger partial charge >= 0.3 is 0 Å². The summed E-state index contributed by atoms with van der Waals surface area (Å²) in [5.41, 5.74) is 2.63. The molecule has 1 saturated heterocycles. The van der Waals surface area contributed by atoms with E-state index < -0.39 is 0 Å². The van der Waals surface area contributed by atoms with E-state index in [9.17, 15) is 4.39 Å². The molecule has 2 aliphatic heterocycles. The maximum atomic E-state index is 13.2. The van der Waals surface area contributed by atoms with E-state index in [1.165, 1.54) is 30.9 Å². The number of halogens is 1. The smallest absolute Gasteiger partial charge is 0.188 e. The third-order valence-electron chi connectivity index (χ3n) is 7.99. The van der Waals surface area contributed by atoms with E-state index in [1.54, 1.807) is 18.3 Å². The monoisotopic (exact) mass is 608 g/mol. The van der Waals surface area contributed by atoms with Gasteiger partial charge in [-0.2, -0.15) is 0 Å². The van der Waals surface area contributed by atoms with Crippen LogP contribution >= 0.6 is 0 Å². The summed E-state index contributed by atoms with van der Waals surface area (Å²) in [5.74, 6) is 2.59. The number of carbonyl (C=O) groups excluding carboxylic acids is 1. The fourth-order valence-electron chi connectivity index (χ4n) is 5.41. The van der Waals surface area contributed by atoms with Crippen LogP contribution in [0.2, 0.25) is 0 Å². The van der Waals surface area contributed by atoms with Crippen LogP contribution in [0.15, 0.2) is 49.1 Å². The van der Waals surface area contributed by atoms with E-state index in [4.69, 9.17) is 14.3 Å². The van der Waals surface area contributed by atoms with Crippen molar-refractivity contribution in [1.29, 1.82) is 0 Å². The first-order valence-electron chi connectivity index (χ1n) is 15.7. The molecule has 1 N–H and O–H groups in total. The minimum atomic E-state index is -0.295. The number of nitrogens with one attached hydrogen (secondary N) is 1. The van der Waals surface area contributed by atoms with Crippen LogP contribution < -0.4 is 19.7 Å². The number of aromatic nitrogens is 3. The third kappa shape index (κ3) is 9.19. The minimum absolute atomic E-state index is 0.242. The molecule has 0 atom stereocenters. The van der Waals surface area contributed by atoms with E-state index in [1.807, 2.05) is 26.1 Å². The molecule has 0 amide bonds. The van der Waals surface area contributed by atoms with Gasteiger partial charge in [-0.1, -0.05) is 20.8 Å². The second-order valence-corrected chi connectivity index (χ2v) is 11.3. The molecule has 3 aliphatic rings. The fraction of sp³-hybridized carbons (Fsp3) is 0.529. The van der Waals surface area contributed by atoms with Crippen LogP contribution in [0.25, 0.3) is 0 Å². The first kappa shape index (κ1) is 34.9. The molecular weight excluding hydrogens is 559 g/mol.